The van der Waals surface area contributed by atoms with Crippen molar-refractivity contribution in [3.8, 4) is 0 Å². The molecule has 3 aromatic rings. The summed E-state index contributed by atoms with van der Waals surface area (Å²) in [5, 5.41) is 1.09. The van der Waals surface area contributed by atoms with E-state index < -0.39 is 0 Å². The van der Waals surface area contributed by atoms with Crippen LogP contribution in [-0.4, -0.2) is 0 Å². The van der Waals surface area contributed by atoms with Crippen molar-refractivity contribution < 1.29 is 4.42 Å². The maximum atomic E-state index is 6.24. The fraction of sp³-hybridized carbons (Fsp3) is 0.125. The fourth-order valence-corrected chi connectivity index (χ4v) is 2.09. The number of nitrogens with two attached hydrogens (primary N) is 1. The van der Waals surface area contributed by atoms with Gasteiger partial charge in [-0.1, -0.05) is 48.0 Å². The topological polar surface area (TPSA) is 39.2 Å². The first-order valence-corrected chi connectivity index (χ1v) is 6.04. The standard InChI is InChI=1S/C16H15NO/c1-11-6-8-12(9-7-11)16(17)15-10-13-4-2-3-5-14(13)18-15/h2-10,16H,17H2,1H3. The molecule has 1 heterocycles. The lowest BCUT2D eigenvalue weighted by molar-refractivity contribution is 0.525. The van der Waals surface area contributed by atoms with Crippen LogP contribution in [0.3, 0.4) is 0 Å². The van der Waals surface area contributed by atoms with Crippen LogP contribution >= 0.6 is 0 Å². The predicted molar refractivity (Wildman–Crippen MR) is 73.4 cm³/mol. The number of aryl methyl sites for hydroxylation is 1. The van der Waals surface area contributed by atoms with Crippen LogP contribution in [0.5, 0.6) is 0 Å². The quantitative estimate of drug-likeness (QED) is 0.736. The highest BCUT2D eigenvalue weighted by Gasteiger charge is 2.13. The van der Waals surface area contributed by atoms with E-state index in [2.05, 4.69) is 19.1 Å². The number of hydrogen-bond donors (Lipinski definition) is 1. The Morgan fingerprint density at radius 1 is 1.00 bits per heavy atom. The lowest BCUT2D eigenvalue weighted by Gasteiger charge is -2.08. The summed E-state index contributed by atoms with van der Waals surface area (Å²) in [5.74, 6) is 0.806. The smallest absolute Gasteiger partial charge is 0.134 e. The number of benzene rings is 2. The normalized spacial score (nSPS) is 12.8. The van der Waals surface area contributed by atoms with Crippen LogP contribution in [0.1, 0.15) is 22.9 Å². The predicted octanol–water partition coefficient (Wildman–Crippen LogP) is 3.79. The van der Waals surface area contributed by atoms with Crippen molar-refractivity contribution in [2.75, 3.05) is 0 Å². The van der Waals surface area contributed by atoms with E-state index >= 15 is 0 Å². The summed E-state index contributed by atoms with van der Waals surface area (Å²) >= 11 is 0. The molecule has 0 spiro atoms. The number of rotatable bonds is 2. The van der Waals surface area contributed by atoms with Gasteiger partial charge in [-0.05, 0) is 24.6 Å². The Balaban J connectivity index is 2.00. The molecule has 0 amide bonds. The fourth-order valence-electron chi connectivity index (χ4n) is 2.09. The molecule has 0 fully saturated rings. The summed E-state index contributed by atoms with van der Waals surface area (Å²) in [6, 6.07) is 18.0. The zero-order chi connectivity index (χ0) is 12.5. The van der Waals surface area contributed by atoms with E-state index in [0.29, 0.717) is 0 Å². The Morgan fingerprint density at radius 3 is 2.44 bits per heavy atom. The van der Waals surface area contributed by atoms with Gasteiger partial charge in [0.2, 0.25) is 0 Å². The largest absolute Gasteiger partial charge is 0.459 e. The molecule has 1 atom stereocenters. The molecule has 0 saturated heterocycles. The maximum absolute atomic E-state index is 6.24. The van der Waals surface area contributed by atoms with Gasteiger partial charge in [-0.2, -0.15) is 0 Å². The molecule has 2 N–H and O–H groups in total. The molecule has 0 bridgehead atoms. The summed E-state index contributed by atoms with van der Waals surface area (Å²) in [4.78, 5) is 0. The number of para-hydroxylation sites is 1. The van der Waals surface area contributed by atoms with E-state index in [9.17, 15) is 0 Å². The van der Waals surface area contributed by atoms with Crippen molar-refractivity contribution >= 4 is 11.0 Å². The highest BCUT2D eigenvalue weighted by molar-refractivity contribution is 5.77. The Labute approximate surface area is 106 Å². The minimum Gasteiger partial charge on any atom is -0.459 e. The van der Waals surface area contributed by atoms with Gasteiger partial charge in [0.15, 0.2) is 0 Å². The molecule has 2 heteroatoms. The molecular weight excluding hydrogens is 222 g/mol. The van der Waals surface area contributed by atoms with E-state index in [1.807, 2.05) is 42.5 Å². The molecule has 90 valence electrons. The average molecular weight is 237 g/mol. The Bertz CT molecular complexity index is 634. The zero-order valence-corrected chi connectivity index (χ0v) is 10.3. The van der Waals surface area contributed by atoms with E-state index in [-0.39, 0.29) is 6.04 Å². The van der Waals surface area contributed by atoms with Gasteiger partial charge in [0.05, 0.1) is 6.04 Å². The van der Waals surface area contributed by atoms with Crippen molar-refractivity contribution in [3.63, 3.8) is 0 Å². The average Bonchev–Trinajstić information content (AvgIpc) is 2.82. The van der Waals surface area contributed by atoms with Crippen molar-refractivity contribution in [1.82, 2.24) is 0 Å². The number of hydrogen-bond acceptors (Lipinski definition) is 2. The summed E-state index contributed by atoms with van der Waals surface area (Å²) < 4.78 is 5.79. The first-order valence-electron chi connectivity index (χ1n) is 6.04. The van der Waals surface area contributed by atoms with E-state index in [4.69, 9.17) is 10.2 Å². The van der Waals surface area contributed by atoms with Gasteiger partial charge in [-0.25, -0.2) is 0 Å². The van der Waals surface area contributed by atoms with Crippen molar-refractivity contribution in [2.24, 2.45) is 5.73 Å². The molecule has 2 aromatic carbocycles. The van der Waals surface area contributed by atoms with Crippen LogP contribution in [0.25, 0.3) is 11.0 Å². The number of fused-ring (bicyclic) bond motifs is 1. The molecule has 0 aliphatic rings. The highest BCUT2D eigenvalue weighted by Crippen LogP contribution is 2.26. The van der Waals surface area contributed by atoms with Crippen LogP contribution in [0, 0.1) is 6.92 Å². The van der Waals surface area contributed by atoms with Gasteiger partial charge < -0.3 is 10.2 Å². The van der Waals surface area contributed by atoms with Crippen molar-refractivity contribution in [2.45, 2.75) is 13.0 Å². The maximum Gasteiger partial charge on any atom is 0.134 e. The minimum absolute atomic E-state index is 0.210. The molecule has 0 aliphatic heterocycles. The van der Waals surface area contributed by atoms with Gasteiger partial charge in [0.25, 0.3) is 0 Å². The lowest BCUT2D eigenvalue weighted by Crippen LogP contribution is -2.10. The molecular formula is C16H15NO. The van der Waals surface area contributed by atoms with E-state index in [0.717, 1.165) is 22.3 Å². The summed E-state index contributed by atoms with van der Waals surface area (Å²) in [6.07, 6.45) is 0. The monoisotopic (exact) mass is 237 g/mol. The van der Waals surface area contributed by atoms with Gasteiger partial charge in [0.1, 0.15) is 11.3 Å². The third-order valence-corrected chi connectivity index (χ3v) is 3.19. The van der Waals surface area contributed by atoms with Gasteiger partial charge in [-0.15, -0.1) is 0 Å². The SMILES string of the molecule is Cc1ccc(C(N)c2cc3ccccc3o2)cc1. The molecule has 0 radical (unpaired) electrons. The van der Waals surface area contributed by atoms with Crippen LogP contribution in [0.4, 0.5) is 0 Å². The van der Waals surface area contributed by atoms with Crippen LogP contribution in [-0.2, 0) is 0 Å². The first-order chi connectivity index (χ1) is 8.74. The molecule has 2 nitrogen and oxygen atoms in total. The molecule has 0 aliphatic carbocycles. The number of furan rings is 1. The Morgan fingerprint density at radius 2 is 1.72 bits per heavy atom. The Hall–Kier alpha value is -2.06. The summed E-state index contributed by atoms with van der Waals surface area (Å²) in [6.45, 7) is 2.07. The van der Waals surface area contributed by atoms with Crippen molar-refractivity contribution in [3.05, 3.63) is 71.5 Å². The minimum atomic E-state index is -0.210. The van der Waals surface area contributed by atoms with E-state index in [1.54, 1.807) is 0 Å². The second kappa shape index (κ2) is 4.31. The third-order valence-electron chi connectivity index (χ3n) is 3.19. The van der Waals surface area contributed by atoms with Crippen LogP contribution < -0.4 is 5.73 Å². The highest BCUT2D eigenvalue weighted by atomic mass is 16.3. The van der Waals surface area contributed by atoms with E-state index in [1.165, 1.54) is 5.56 Å². The van der Waals surface area contributed by atoms with Gasteiger partial charge in [-0.3, -0.25) is 0 Å². The third kappa shape index (κ3) is 1.91. The lowest BCUT2D eigenvalue weighted by atomic mass is 10.0. The summed E-state index contributed by atoms with van der Waals surface area (Å²) in [5.41, 5.74) is 9.42. The summed E-state index contributed by atoms with van der Waals surface area (Å²) in [7, 11) is 0. The van der Waals surface area contributed by atoms with Crippen LogP contribution in [0.15, 0.2) is 59.0 Å². The molecule has 18 heavy (non-hydrogen) atoms. The van der Waals surface area contributed by atoms with Crippen molar-refractivity contribution in [1.29, 1.82) is 0 Å². The van der Waals surface area contributed by atoms with Crippen LogP contribution in [0.2, 0.25) is 0 Å². The first kappa shape index (κ1) is 11.1. The van der Waals surface area contributed by atoms with Gasteiger partial charge >= 0.3 is 0 Å². The van der Waals surface area contributed by atoms with Gasteiger partial charge in [0, 0.05) is 5.39 Å². The molecule has 1 unspecified atom stereocenters. The second-order valence-corrected chi connectivity index (χ2v) is 4.57. The second-order valence-electron chi connectivity index (χ2n) is 4.57. The molecule has 1 aromatic heterocycles. The molecule has 0 saturated carbocycles. The Kier molecular flexibility index (Phi) is 2.65. The molecule has 3 rings (SSSR count). The zero-order valence-electron chi connectivity index (χ0n) is 10.3.